The molecule has 50 heavy (non-hydrogen) atoms. The second-order valence-electron chi connectivity index (χ2n) is 13.0. The van der Waals surface area contributed by atoms with Gasteiger partial charge in [-0.25, -0.2) is 4.79 Å². The molecule has 15 heteroatoms. The fraction of sp³-hybridized carbons (Fsp3) is 0.543. The van der Waals surface area contributed by atoms with Crippen LogP contribution in [0.15, 0.2) is 6.07 Å². The van der Waals surface area contributed by atoms with Crippen LogP contribution >= 0.6 is 11.8 Å². The van der Waals surface area contributed by atoms with Crippen molar-refractivity contribution in [3.63, 3.8) is 0 Å². The number of nitrogens with zero attached hydrogens (tertiary/aromatic N) is 3. The van der Waals surface area contributed by atoms with Gasteiger partial charge in [0.05, 0.1) is 30.5 Å². The lowest BCUT2D eigenvalue weighted by atomic mass is 9.71. The van der Waals surface area contributed by atoms with Crippen molar-refractivity contribution >= 4 is 29.7 Å². The van der Waals surface area contributed by atoms with Gasteiger partial charge in [0.25, 0.3) is 0 Å². The Morgan fingerprint density at radius 2 is 1.80 bits per heavy atom. The van der Waals surface area contributed by atoms with Gasteiger partial charge >= 0.3 is 17.9 Å². The maximum absolute atomic E-state index is 13.5. The Kier molecular flexibility index (Phi) is 9.00. The predicted molar refractivity (Wildman–Crippen MR) is 176 cm³/mol. The van der Waals surface area contributed by atoms with E-state index in [-0.39, 0.29) is 32.0 Å². The van der Waals surface area contributed by atoms with Crippen molar-refractivity contribution in [3.8, 4) is 34.8 Å². The Labute approximate surface area is 293 Å². The van der Waals surface area contributed by atoms with Gasteiger partial charge in [0.2, 0.25) is 12.9 Å². The molecule has 0 aliphatic carbocycles. The van der Waals surface area contributed by atoms with Crippen molar-refractivity contribution in [3.05, 3.63) is 39.4 Å². The molecule has 2 saturated heterocycles. The number of cyclic esters (lactones) is 1. The van der Waals surface area contributed by atoms with E-state index in [2.05, 4.69) is 21.9 Å². The minimum atomic E-state index is -1.19. The van der Waals surface area contributed by atoms with Crippen molar-refractivity contribution in [1.29, 1.82) is 5.26 Å². The van der Waals surface area contributed by atoms with Crippen molar-refractivity contribution in [2.45, 2.75) is 75.7 Å². The molecule has 5 aliphatic rings. The van der Waals surface area contributed by atoms with Crippen LogP contribution in [0.5, 0.6) is 28.7 Å². The SMILES string of the molecule is COCOc1c(OC)c(C)cc2c1[C@@H]1C3[C@@H]4SC[C@H](OC(C)=O)C(=O)OC[C@@H](c5c6c(c(C)c(OC(C)=O)c54)OCO6)N3[C@@H](C#N)[C@H](C2)N1C. The summed E-state index contributed by atoms with van der Waals surface area (Å²) in [5.74, 6) is 0.508. The normalized spacial score (nSPS) is 28.0. The minimum absolute atomic E-state index is 0.0236. The fourth-order valence-corrected chi connectivity index (χ4v) is 9.94. The number of esters is 3. The number of aryl methyl sites for hydroxylation is 1. The first-order valence-electron chi connectivity index (χ1n) is 16.3. The number of thioether (sulfide) groups is 1. The second-order valence-corrected chi connectivity index (χ2v) is 14.2. The predicted octanol–water partition coefficient (Wildman–Crippen LogP) is 3.44. The molecule has 0 saturated carbocycles. The third kappa shape index (κ3) is 5.23. The number of ether oxygens (including phenoxy) is 8. The maximum atomic E-state index is 13.5. The number of carbonyl (C=O) groups is 3. The summed E-state index contributed by atoms with van der Waals surface area (Å²) in [6.07, 6.45) is -0.655. The lowest BCUT2D eigenvalue weighted by Gasteiger charge is -2.61. The Balaban J connectivity index is 1.54. The second kappa shape index (κ2) is 13.1. The summed E-state index contributed by atoms with van der Waals surface area (Å²) in [7, 11) is 5.15. The van der Waals surface area contributed by atoms with Gasteiger partial charge in [-0.05, 0) is 38.4 Å². The molecule has 2 aromatic rings. The van der Waals surface area contributed by atoms with Gasteiger partial charge in [0, 0.05) is 61.0 Å². The van der Waals surface area contributed by atoms with E-state index in [9.17, 15) is 19.6 Å². The molecule has 2 fully saturated rings. The number of rotatable bonds is 6. The van der Waals surface area contributed by atoms with E-state index in [0.717, 1.165) is 16.7 Å². The molecule has 7 rings (SSSR count). The molecular formula is C35H39N3O11S. The topological polar surface area (TPSA) is 155 Å². The number of benzene rings is 2. The number of fused-ring (bicyclic) bond motifs is 9. The van der Waals surface area contributed by atoms with Gasteiger partial charge in [-0.15, -0.1) is 11.8 Å². The van der Waals surface area contributed by atoms with Crippen LogP contribution in [-0.2, 0) is 35.0 Å². The Bertz CT molecular complexity index is 1810. The minimum Gasteiger partial charge on any atom is -0.493 e. The molecule has 14 nitrogen and oxygen atoms in total. The molecule has 4 bridgehead atoms. The van der Waals surface area contributed by atoms with Crippen LogP contribution in [0, 0.1) is 25.2 Å². The lowest BCUT2D eigenvalue weighted by molar-refractivity contribution is -0.168. The zero-order valence-electron chi connectivity index (χ0n) is 28.9. The number of hydrogen-bond donors (Lipinski definition) is 0. The smallest absolute Gasteiger partial charge is 0.348 e. The molecule has 0 spiro atoms. The van der Waals surface area contributed by atoms with E-state index >= 15 is 0 Å². The highest BCUT2D eigenvalue weighted by molar-refractivity contribution is 7.99. The first-order valence-corrected chi connectivity index (χ1v) is 17.4. The molecule has 0 N–H and O–H groups in total. The van der Waals surface area contributed by atoms with Gasteiger partial charge in [-0.3, -0.25) is 19.4 Å². The molecule has 5 aliphatic heterocycles. The molecule has 0 aromatic heterocycles. The van der Waals surface area contributed by atoms with Crippen molar-refractivity contribution in [2.24, 2.45) is 0 Å². The van der Waals surface area contributed by atoms with Crippen LogP contribution < -0.4 is 23.7 Å². The quantitative estimate of drug-likeness (QED) is 0.244. The highest BCUT2D eigenvalue weighted by Gasteiger charge is 2.61. The Morgan fingerprint density at radius 3 is 2.48 bits per heavy atom. The molecule has 0 radical (unpaired) electrons. The molecule has 0 amide bonds. The summed E-state index contributed by atoms with van der Waals surface area (Å²) in [6, 6.07) is 2.14. The average molecular weight is 710 g/mol. The summed E-state index contributed by atoms with van der Waals surface area (Å²) in [4.78, 5) is 42.7. The van der Waals surface area contributed by atoms with Gasteiger partial charge in [-0.1, -0.05) is 6.07 Å². The lowest BCUT2D eigenvalue weighted by Crippen LogP contribution is -2.69. The van der Waals surface area contributed by atoms with Crippen molar-refractivity contribution in [1.82, 2.24) is 9.80 Å². The first kappa shape index (κ1) is 34.2. The van der Waals surface area contributed by atoms with Crippen LogP contribution in [-0.4, -0.2) is 99.2 Å². The van der Waals surface area contributed by atoms with Crippen molar-refractivity contribution < 1.29 is 52.3 Å². The van der Waals surface area contributed by atoms with E-state index in [1.54, 1.807) is 14.2 Å². The number of likely N-dealkylation sites (N-methyl/N-ethyl adjacent to an activating group) is 1. The van der Waals surface area contributed by atoms with Crippen LogP contribution in [0.4, 0.5) is 0 Å². The Hall–Kier alpha value is -4.23. The summed E-state index contributed by atoms with van der Waals surface area (Å²) >= 11 is 1.37. The van der Waals surface area contributed by atoms with Gasteiger partial charge in [0.15, 0.2) is 29.8 Å². The van der Waals surface area contributed by atoms with E-state index < -0.39 is 53.4 Å². The molecular weight excluding hydrogens is 670 g/mol. The zero-order chi connectivity index (χ0) is 35.6. The van der Waals surface area contributed by atoms with Gasteiger partial charge < -0.3 is 37.9 Å². The van der Waals surface area contributed by atoms with Gasteiger partial charge in [-0.2, -0.15) is 5.26 Å². The van der Waals surface area contributed by atoms with E-state index in [0.29, 0.717) is 51.9 Å². The third-order valence-corrected chi connectivity index (χ3v) is 11.6. The van der Waals surface area contributed by atoms with E-state index in [1.165, 1.54) is 25.6 Å². The number of hydrogen-bond acceptors (Lipinski definition) is 15. The average Bonchev–Trinajstić information content (AvgIpc) is 3.56. The summed E-state index contributed by atoms with van der Waals surface area (Å²) < 4.78 is 47.1. The number of piperazine rings is 1. The molecule has 1 unspecified atom stereocenters. The number of carbonyl (C=O) groups excluding carboxylic acids is 3. The van der Waals surface area contributed by atoms with Gasteiger partial charge in [0.1, 0.15) is 18.4 Å². The highest BCUT2D eigenvalue weighted by Crippen LogP contribution is 2.64. The number of nitriles is 1. The van der Waals surface area contributed by atoms with E-state index in [1.807, 2.05) is 20.9 Å². The largest absolute Gasteiger partial charge is 0.493 e. The van der Waals surface area contributed by atoms with Crippen LogP contribution in [0.2, 0.25) is 0 Å². The van der Waals surface area contributed by atoms with Crippen LogP contribution in [0.1, 0.15) is 64.6 Å². The monoisotopic (exact) mass is 709 g/mol. The molecule has 7 atom stereocenters. The Morgan fingerprint density at radius 1 is 1.04 bits per heavy atom. The third-order valence-electron chi connectivity index (χ3n) is 10.2. The van der Waals surface area contributed by atoms with Crippen LogP contribution in [0.3, 0.4) is 0 Å². The highest BCUT2D eigenvalue weighted by atomic mass is 32.2. The molecule has 5 heterocycles. The standard InChI is InChI=1S/C35H39N3O11S/c1-15-8-19-9-20-21(10-36)38-22-11-44-35(41)23(48-17(3)39)12-50-34(26-25(22)33-31(46-14-47-33)16(2)30(26)49-18(4)40)28(38)27(37(20)5)24(19)32(29(15)43-7)45-13-42-6/h8,20-23,27-28,34H,9,11-14H2,1-7H3/t20-,21-,22-,23-,27+,28?,34+/m0/s1. The first-order chi connectivity index (χ1) is 24.0. The fourth-order valence-electron chi connectivity index (χ4n) is 8.47. The summed E-state index contributed by atoms with van der Waals surface area (Å²) in [5, 5.41) is 10.4. The maximum Gasteiger partial charge on any atom is 0.348 e. The molecule has 266 valence electrons. The van der Waals surface area contributed by atoms with Crippen molar-refractivity contribution in [2.75, 3.05) is 47.2 Å². The molecule has 2 aromatic carbocycles. The summed E-state index contributed by atoms with van der Waals surface area (Å²) in [5.41, 5.74) is 4.68. The number of methoxy groups -OCH3 is 2. The zero-order valence-corrected chi connectivity index (χ0v) is 29.7. The summed E-state index contributed by atoms with van der Waals surface area (Å²) in [6.45, 7) is 6.06. The van der Waals surface area contributed by atoms with Crippen LogP contribution in [0.25, 0.3) is 0 Å². The van der Waals surface area contributed by atoms with E-state index in [4.69, 9.17) is 37.9 Å².